The zero-order valence-electron chi connectivity index (χ0n) is 13.4. The van der Waals surface area contributed by atoms with Crippen molar-refractivity contribution in [3.05, 3.63) is 54.5 Å². The topological polar surface area (TPSA) is 36.7 Å². The second-order valence-corrected chi connectivity index (χ2v) is 6.63. The van der Waals surface area contributed by atoms with Crippen molar-refractivity contribution >= 4 is 11.6 Å². The summed E-state index contributed by atoms with van der Waals surface area (Å²) in [7, 11) is 0. The standard InChI is InChI=1S/C19H22N2O2/c1-14-18(15-7-10-20(14)11-8-15)21(17-9-12-23-13-17)19(22)16-5-3-2-4-6-16/h2-6,9,12-15,18H,7-8,10-11H2,1H3/t14-,18+/m1/s1. The van der Waals surface area contributed by atoms with Crippen molar-refractivity contribution in [2.24, 2.45) is 5.92 Å². The molecule has 3 saturated heterocycles. The Morgan fingerprint density at radius 2 is 1.91 bits per heavy atom. The Morgan fingerprint density at radius 3 is 2.52 bits per heavy atom. The van der Waals surface area contributed by atoms with Gasteiger partial charge in [0.2, 0.25) is 0 Å². The van der Waals surface area contributed by atoms with E-state index >= 15 is 0 Å². The monoisotopic (exact) mass is 310 g/mol. The lowest BCUT2D eigenvalue weighted by atomic mass is 9.78. The molecule has 2 atom stereocenters. The average Bonchev–Trinajstić information content (AvgIpc) is 3.13. The van der Waals surface area contributed by atoms with Crippen LogP contribution in [0.15, 0.2) is 53.3 Å². The molecular weight excluding hydrogens is 288 g/mol. The lowest BCUT2D eigenvalue weighted by Crippen LogP contribution is -2.63. The Morgan fingerprint density at radius 1 is 1.17 bits per heavy atom. The molecule has 3 fully saturated rings. The number of carbonyl (C=O) groups excluding carboxylic acids is 1. The van der Waals surface area contributed by atoms with Crippen molar-refractivity contribution < 1.29 is 9.21 Å². The molecule has 0 radical (unpaired) electrons. The molecule has 1 aromatic heterocycles. The molecule has 0 saturated carbocycles. The molecule has 0 aliphatic carbocycles. The van der Waals surface area contributed by atoms with Gasteiger partial charge in [-0.25, -0.2) is 0 Å². The van der Waals surface area contributed by atoms with Crippen molar-refractivity contribution in [1.29, 1.82) is 0 Å². The van der Waals surface area contributed by atoms with Gasteiger partial charge in [-0.3, -0.25) is 9.69 Å². The van der Waals surface area contributed by atoms with Crippen molar-refractivity contribution in [2.75, 3.05) is 18.0 Å². The van der Waals surface area contributed by atoms with Crippen LogP contribution in [0.2, 0.25) is 0 Å². The molecule has 4 heteroatoms. The summed E-state index contributed by atoms with van der Waals surface area (Å²) in [6, 6.07) is 12.0. The van der Waals surface area contributed by atoms with Crippen molar-refractivity contribution in [2.45, 2.75) is 31.8 Å². The molecular formula is C19H22N2O2. The van der Waals surface area contributed by atoms with Crippen molar-refractivity contribution in [3.63, 3.8) is 0 Å². The smallest absolute Gasteiger partial charge is 0.258 e. The quantitative estimate of drug-likeness (QED) is 0.872. The summed E-state index contributed by atoms with van der Waals surface area (Å²) in [5.74, 6) is 0.634. The number of rotatable bonds is 3. The van der Waals surface area contributed by atoms with E-state index in [-0.39, 0.29) is 11.9 Å². The molecule has 2 bridgehead atoms. The van der Waals surface area contributed by atoms with Crippen LogP contribution >= 0.6 is 0 Å². The number of benzene rings is 1. The van der Waals surface area contributed by atoms with Gasteiger partial charge in [0.1, 0.15) is 6.26 Å². The highest BCUT2D eigenvalue weighted by molar-refractivity contribution is 6.06. The van der Waals surface area contributed by atoms with Gasteiger partial charge < -0.3 is 9.32 Å². The lowest BCUT2D eigenvalue weighted by molar-refractivity contribution is 0.0327. The molecule has 2 aromatic rings. The van der Waals surface area contributed by atoms with E-state index in [1.807, 2.05) is 41.3 Å². The van der Waals surface area contributed by atoms with Crippen LogP contribution in [0.4, 0.5) is 5.69 Å². The van der Waals surface area contributed by atoms with Crippen molar-refractivity contribution in [1.82, 2.24) is 4.90 Å². The van der Waals surface area contributed by atoms with E-state index in [1.54, 1.807) is 12.5 Å². The molecule has 120 valence electrons. The second kappa shape index (κ2) is 5.85. The Balaban J connectivity index is 1.73. The average molecular weight is 310 g/mol. The fourth-order valence-corrected chi connectivity index (χ4v) is 4.24. The van der Waals surface area contributed by atoms with Gasteiger partial charge in [-0.05, 0) is 50.9 Å². The minimum absolute atomic E-state index is 0.0672. The summed E-state index contributed by atoms with van der Waals surface area (Å²) in [5, 5.41) is 0. The summed E-state index contributed by atoms with van der Waals surface area (Å²) in [6.07, 6.45) is 5.68. The molecule has 23 heavy (non-hydrogen) atoms. The highest BCUT2D eigenvalue weighted by atomic mass is 16.3. The maximum absolute atomic E-state index is 13.2. The van der Waals surface area contributed by atoms with Gasteiger partial charge in [0.25, 0.3) is 5.91 Å². The summed E-state index contributed by atoms with van der Waals surface area (Å²) < 4.78 is 5.28. The van der Waals surface area contributed by atoms with Gasteiger partial charge in [-0.15, -0.1) is 0 Å². The summed E-state index contributed by atoms with van der Waals surface area (Å²) in [6.45, 7) is 4.56. The summed E-state index contributed by atoms with van der Waals surface area (Å²) in [4.78, 5) is 17.7. The molecule has 5 rings (SSSR count). The molecule has 0 unspecified atom stereocenters. The fourth-order valence-electron chi connectivity index (χ4n) is 4.24. The van der Waals surface area contributed by atoms with E-state index in [4.69, 9.17) is 4.42 Å². The van der Waals surface area contributed by atoms with Crippen LogP contribution in [-0.4, -0.2) is 36.0 Å². The first-order valence-electron chi connectivity index (χ1n) is 8.40. The van der Waals surface area contributed by atoms with Crippen LogP contribution in [0.5, 0.6) is 0 Å². The predicted octanol–water partition coefficient (Wildman–Crippen LogP) is 3.41. The number of amides is 1. The molecule has 3 aliphatic heterocycles. The third-order valence-electron chi connectivity index (χ3n) is 5.45. The van der Waals surface area contributed by atoms with E-state index in [0.29, 0.717) is 12.0 Å². The van der Waals surface area contributed by atoms with Gasteiger partial charge in [0.15, 0.2) is 0 Å². The van der Waals surface area contributed by atoms with Gasteiger partial charge in [0, 0.05) is 17.7 Å². The molecule has 3 aliphatic rings. The maximum Gasteiger partial charge on any atom is 0.258 e. The number of anilines is 1. The molecule has 4 heterocycles. The van der Waals surface area contributed by atoms with Crippen molar-refractivity contribution in [3.8, 4) is 0 Å². The Hall–Kier alpha value is -2.07. The normalized spacial score (nSPS) is 29.4. The van der Waals surface area contributed by atoms with Crippen LogP contribution < -0.4 is 4.90 Å². The number of carbonyl (C=O) groups is 1. The van der Waals surface area contributed by atoms with Crippen LogP contribution in [0.3, 0.4) is 0 Å². The van der Waals surface area contributed by atoms with Gasteiger partial charge in [-0.2, -0.15) is 0 Å². The Kier molecular flexibility index (Phi) is 3.69. The fraction of sp³-hybridized carbons (Fsp3) is 0.421. The van der Waals surface area contributed by atoms with Crippen LogP contribution in [0.1, 0.15) is 30.1 Å². The van der Waals surface area contributed by atoms with Gasteiger partial charge >= 0.3 is 0 Å². The number of furan rings is 1. The van der Waals surface area contributed by atoms with E-state index in [9.17, 15) is 4.79 Å². The zero-order valence-corrected chi connectivity index (χ0v) is 13.4. The number of nitrogens with zero attached hydrogens (tertiary/aromatic N) is 2. The largest absolute Gasteiger partial charge is 0.470 e. The van der Waals surface area contributed by atoms with E-state index in [0.717, 1.165) is 24.3 Å². The van der Waals surface area contributed by atoms with Gasteiger partial charge in [0.05, 0.1) is 18.0 Å². The third-order valence-corrected chi connectivity index (χ3v) is 5.45. The number of piperidine rings is 3. The van der Waals surface area contributed by atoms with E-state index in [2.05, 4.69) is 11.8 Å². The number of hydrogen-bond donors (Lipinski definition) is 0. The zero-order chi connectivity index (χ0) is 15.8. The Labute approximate surface area is 136 Å². The first kappa shape index (κ1) is 14.5. The minimum Gasteiger partial charge on any atom is -0.470 e. The van der Waals surface area contributed by atoms with Gasteiger partial charge in [-0.1, -0.05) is 18.2 Å². The number of hydrogen-bond acceptors (Lipinski definition) is 3. The molecule has 0 N–H and O–H groups in total. The number of fused-ring (bicyclic) bond motifs is 3. The van der Waals surface area contributed by atoms with Crippen LogP contribution in [0.25, 0.3) is 0 Å². The highest BCUT2D eigenvalue weighted by Gasteiger charge is 2.45. The van der Waals surface area contributed by atoms with Crippen LogP contribution in [0, 0.1) is 5.92 Å². The Bertz CT molecular complexity index is 658. The third kappa shape index (κ3) is 2.47. The molecule has 1 amide bonds. The molecule has 0 spiro atoms. The molecule has 4 nitrogen and oxygen atoms in total. The first-order valence-corrected chi connectivity index (χ1v) is 8.40. The highest BCUT2D eigenvalue weighted by Crippen LogP contribution is 2.38. The molecule has 1 aromatic carbocycles. The minimum atomic E-state index is 0.0672. The second-order valence-electron chi connectivity index (χ2n) is 6.63. The predicted molar refractivity (Wildman–Crippen MR) is 89.5 cm³/mol. The summed E-state index contributed by atoms with van der Waals surface area (Å²) >= 11 is 0. The van der Waals surface area contributed by atoms with Crippen LogP contribution in [-0.2, 0) is 0 Å². The first-order chi connectivity index (χ1) is 11.3. The maximum atomic E-state index is 13.2. The SMILES string of the molecule is C[C@@H]1[C@H](N(C(=O)c2ccccc2)c2ccoc2)C2CCN1CC2. The van der Waals surface area contributed by atoms with E-state index < -0.39 is 0 Å². The summed E-state index contributed by atoms with van der Waals surface area (Å²) in [5.41, 5.74) is 1.60. The lowest BCUT2D eigenvalue weighted by Gasteiger charge is -2.53. The van der Waals surface area contributed by atoms with E-state index in [1.165, 1.54) is 12.8 Å².